The van der Waals surface area contributed by atoms with Crippen molar-refractivity contribution in [3.63, 3.8) is 0 Å². The number of hydrogen-bond acceptors (Lipinski definition) is 5. The van der Waals surface area contributed by atoms with E-state index in [1.54, 1.807) is 26.4 Å². The first kappa shape index (κ1) is 16.3. The van der Waals surface area contributed by atoms with Crippen LogP contribution in [-0.4, -0.2) is 54.4 Å². The summed E-state index contributed by atoms with van der Waals surface area (Å²) in [5, 5.41) is 6.25. The van der Waals surface area contributed by atoms with Gasteiger partial charge in [-0.2, -0.15) is 0 Å². The van der Waals surface area contributed by atoms with E-state index < -0.39 is 0 Å². The maximum Gasteiger partial charge on any atom is 0.407 e. The summed E-state index contributed by atoms with van der Waals surface area (Å²) in [7, 11) is 3.13. The maximum atomic E-state index is 11.2. The number of hydrogen-bond donors (Lipinski definition) is 2. The molecule has 0 unspecified atom stereocenters. The number of rotatable bonds is 3. The first-order valence-corrected chi connectivity index (χ1v) is 7.47. The Kier molecular flexibility index (Phi) is 5.76. The van der Waals surface area contributed by atoms with Gasteiger partial charge in [0.15, 0.2) is 5.11 Å². The van der Waals surface area contributed by atoms with E-state index in [1.807, 2.05) is 6.07 Å². The highest BCUT2D eigenvalue weighted by molar-refractivity contribution is 7.80. The van der Waals surface area contributed by atoms with E-state index in [2.05, 4.69) is 20.5 Å². The number of aromatic nitrogens is 1. The minimum atomic E-state index is -0.386. The van der Waals surface area contributed by atoms with Crippen LogP contribution in [0.4, 0.5) is 10.5 Å². The summed E-state index contributed by atoms with van der Waals surface area (Å²) >= 11 is 5.40. The van der Waals surface area contributed by atoms with Crippen LogP contribution >= 0.6 is 12.2 Å². The van der Waals surface area contributed by atoms with E-state index in [1.165, 1.54) is 0 Å². The molecule has 0 aliphatic carbocycles. The molecule has 8 heteroatoms. The van der Waals surface area contributed by atoms with Gasteiger partial charge < -0.3 is 25.0 Å². The maximum absolute atomic E-state index is 11.2. The third kappa shape index (κ3) is 4.45. The Hall–Kier alpha value is -2.09. The largest absolute Gasteiger partial charge is 0.481 e. The Balaban J connectivity index is 1.80. The van der Waals surface area contributed by atoms with Crippen LogP contribution in [0.15, 0.2) is 18.3 Å². The molecule has 1 aliphatic heterocycles. The van der Waals surface area contributed by atoms with Crippen molar-refractivity contribution in [2.24, 2.45) is 0 Å². The van der Waals surface area contributed by atoms with Gasteiger partial charge in [-0.1, -0.05) is 0 Å². The van der Waals surface area contributed by atoms with Crippen LogP contribution in [0.1, 0.15) is 12.8 Å². The number of thiocarbonyl (C=S) groups is 1. The van der Waals surface area contributed by atoms with Crippen LogP contribution in [-0.2, 0) is 4.74 Å². The molecule has 22 heavy (non-hydrogen) atoms. The fourth-order valence-corrected chi connectivity index (χ4v) is 2.46. The molecule has 7 nitrogen and oxygen atoms in total. The summed E-state index contributed by atoms with van der Waals surface area (Å²) in [6.07, 6.45) is 2.75. The van der Waals surface area contributed by atoms with Crippen LogP contribution < -0.4 is 15.4 Å². The summed E-state index contributed by atoms with van der Waals surface area (Å²) in [5.41, 5.74) is 0.814. The second-order valence-electron chi connectivity index (χ2n) is 4.86. The van der Waals surface area contributed by atoms with E-state index in [9.17, 15) is 4.79 Å². The number of amides is 1. The molecule has 0 atom stereocenters. The van der Waals surface area contributed by atoms with Crippen LogP contribution in [0, 0.1) is 0 Å². The van der Waals surface area contributed by atoms with Gasteiger partial charge in [-0.3, -0.25) is 0 Å². The SMILES string of the molecule is CNC(=O)OC1CCN(C(=S)Nc2ccc(OC)nc2)CC1. The average molecular weight is 324 g/mol. The van der Waals surface area contributed by atoms with Crippen LogP contribution in [0.25, 0.3) is 0 Å². The number of likely N-dealkylation sites (tertiary alicyclic amines) is 1. The normalized spacial score (nSPS) is 15.1. The van der Waals surface area contributed by atoms with E-state index in [-0.39, 0.29) is 12.2 Å². The molecule has 1 aliphatic rings. The highest BCUT2D eigenvalue weighted by Crippen LogP contribution is 2.16. The molecule has 0 bridgehead atoms. The lowest BCUT2D eigenvalue weighted by atomic mass is 10.1. The molecular weight excluding hydrogens is 304 g/mol. The van der Waals surface area contributed by atoms with Crippen molar-refractivity contribution in [1.82, 2.24) is 15.2 Å². The van der Waals surface area contributed by atoms with E-state index >= 15 is 0 Å². The summed E-state index contributed by atoms with van der Waals surface area (Å²) in [6.45, 7) is 1.49. The van der Waals surface area contributed by atoms with Gasteiger partial charge in [-0.15, -0.1) is 0 Å². The smallest absolute Gasteiger partial charge is 0.407 e. The zero-order chi connectivity index (χ0) is 15.9. The molecule has 1 fully saturated rings. The van der Waals surface area contributed by atoms with E-state index in [4.69, 9.17) is 21.7 Å². The van der Waals surface area contributed by atoms with Gasteiger partial charge in [0.2, 0.25) is 5.88 Å². The number of anilines is 1. The Morgan fingerprint density at radius 2 is 2.14 bits per heavy atom. The summed E-state index contributed by atoms with van der Waals surface area (Å²) < 4.78 is 10.3. The molecule has 0 spiro atoms. The molecule has 120 valence electrons. The molecule has 0 saturated carbocycles. The highest BCUT2D eigenvalue weighted by atomic mass is 32.1. The number of nitrogens with one attached hydrogen (secondary N) is 2. The molecule has 2 N–H and O–H groups in total. The van der Waals surface area contributed by atoms with Crippen molar-refractivity contribution >= 4 is 29.1 Å². The summed E-state index contributed by atoms with van der Waals surface area (Å²) in [6, 6.07) is 3.63. The second kappa shape index (κ2) is 7.79. The van der Waals surface area contributed by atoms with E-state index in [0.717, 1.165) is 31.6 Å². The number of alkyl carbamates (subject to hydrolysis) is 1. The number of ether oxygens (including phenoxy) is 2. The van der Waals surface area contributed by atoms with E-state index in [0.29, 0.717) is 11.0 Å². The predicted molar refractivity (Wildman–Crippen MR) is 87.1 cm³/mol. The molecule has 0 aromatic carbocycles. The molecule has 1 saturated heterocycles. The van der Waals surface area contributed by atoms with Gasteiger partial charge in [-0.25, -0.2) is 9.78 Å². The van der Waals surface area contributed by atoms with Gasteiger partial charge in [0.05, 0.1) is 19.0 Å². The number of carbonyl (C=O) groups is 1. The van der Waals surface area contributed by atoms with Crippen molar-refractivity contribution < 1.29 is 14.3 Å². The fourth-order valence-electron chi connectivity index (χ4n) is 2.16. The minimum absolute atomic E-state index is 0.0540. The lowest BCUT2D eigenvalue weighted by molar-refractivity contribution is 0.0669. The average Bonchev–Trinajstić information content (AvgIpc) is 2.56. The van der Waals surface area contributed by atoms with Crippen molar-refractivity contribution in [2.75, 3.05) is 32.6 Å². The quantitative estimate of drug-likeness (QED) is 0.818. The zero-order valence-electron chi connectivity index (χ0n) is 12.7. The van der Waals surface area contributed by atoms with Crippen LogP contribution in [0.2, 0.25) is 0 Å². The number of piperidine rings is 1. The number of pyridine rings is 1. The number of methoxy groups -OCH3 is 1. The molecule has 1 aromatic rings. The Bertz CT molecular complexity index is 515. The standard InChI is InChI=1S/C14H20N4O3S/c1-15-14(19)21-11-5-7-18(8-6-11)13(22)17-10-3-4-12(20-2)16-9-10/h3-4,9,11H,5-8H2,1-2H3,(H,15,19)(H,17,22). The van der Waals surface area contributed by atoms with Crippen molar-refractivity contribution in [3.8, 4) is 5.88 Å². The predicted octanol–water partition coefficient (Wildman–Crippen LogP) is 1.61. The first-order valence-electron chi connectivity index (χ1n) is 7.06. The second-order valence-corrected chi connectivity index (χ2v) is 5.25. The van der Waals surface area contributed by atoms with Gasteiger partial charge in [0.1, 0.15) is 6.10 Å². The molecule has 2 heterocycles. The van der Waals surface area contributed by atoms with Gasteiger partial charge >= 0.3 is 6.09 Å². The van der Waals surface area contributed by atoms with Gasteiger partial charge in [0, 0.05) is 39.0 Å². The van der Waals surface area contributed by atoms with Crippen molar-refractivity contribution in [2.45, 2.75) is 18.9 Å². The fraction of sp³-hybridized carbons (Fsp3) is 0.500. The molecule has 2 rings (SSSR count). The van der Waals surface area contributed by atoms with Crippen LogP contribution in [0.3, 0.4) is 0 Å². The van der Waals surface area contributed by atoms with Crippen molar-refractivity contribution in [1.29, 1.82) is 0 Å². The summed E-state index contributed by atoms with van der Waals surface area (Å²) in [5.74, 6) is 0.559. The lowest BCUT2D eigenvalue weighted by Crippen LogP contribution is -2.43. The molecule has 1 aromatic heterocycles. The monoisotopic (exact) mass is 324 g/mol. The Labute approximate surface area is 135 Å². The zero-order valence-corrected chi connectivity index (χ0v) is 13.5. The third-order valence-corrected chi connectivity index (χ3v) is 3.76. The van der Waals surface area contributed by atoms with Crippen molar-refractivity contribution in [3.05, 3.63) is 18.3 Å². The minimum Gasteiger partial charge on any atom is -0.481 e. The lowest BCUT2D eigenvalue weighted by Gasteiger charge is -2.33. The molecular formula is C14H20N4O3S. The topological polar surface area (TPSA) is 75.7 Å². The molecule has 0 radical (unpaired) electrons. The van der Waals surface area contributed by atoms with Gasteiger partial charge in [-0.05, 0) is 18.3 Å². The highest BCUT2D eigenvalue weighted by Gasteiger charge is 2.23. The Morgan fingerprint density at radius 3 is 2.68 bits per heavy atom. The first-order chi connectivity index (χ1) is 10.6. The Morgan fingerprint density at radius 1 is 1.41 bits per heavy atom. The van der Waals surface area contributed by atoms with Crippen LogP contribution in [0.5, 0.6) is 5.88 Å². The summed E-state index contributed by atoms with van der Waals surface area (Å²) in [4.78, 5) is 17.4. The number of carbonyl (C=O) groups excluding carboxylic acids is 1. The molecule has 1 amide bonds. The van der Waals surface area contributed by atoms with Gasteiger partial charge in [0.25, 0.3) is 0 Å². The third-order valence-electron chi connectivity index (χ3n) is 3.40. The number of nitrogens with zero attached hydrogens (tertiary/aromatic N) is 2.